The van der Waals surface area contributed by atoms with E-state index in [2.05, 4.69) is 22.9 Å². The van der Waals surface area contributed by atoms with E-state index < -0.39 is 0 Å². The number of unbranched alkanes of at least 4 members (excludes halogenated alkanes) is 1. The summed E-state index contributed by atoms with van der Waals surface area (Å²) in [5, 5.41) is 0. The van der Waals surface area contributed by atoms with Crippen LogP contribution in [0.1, 0.15) is 48.5 Å². The van der Waals surface area contributed by atoms with Crippen LogP contribution in [-0.4, -0.2) is 61.4 Å². The number of esters is 1. The monoisotopic (exact) mass is 346 g/mol. The van der Waals surface area contributed by atoms with Crippen molar-refractivity contribution >= 4 is 11.8 Å². The quantitative estimate of drug-likeness (QED) is 0.391. The van der Waals surface area contributed by atoms with Crippen LogP contribution in [0.15, 0.2) is 24.3 Å². The van der Waals surface area contributed by atoms with Crippen LogP contribution < -0.4 is 0 Å². The number of hydrogen-bond acceptors (Lipinski definition) is 5. The predicted molar refractivity (Wildman–Crippen MR) is 98.6 cm³/mol. The second-order valence-corrected chi connectivity index (χ2v) is 6.67. The molecule has 0 saturated carbocycles. The van der Waals surface area contributed by atoms with Gasteiger partial charge in [-0.05, 0) is 32.4 Å². The van der Waals surface area contributed by atoms with Gasteiger partial charge < -0.3 is 9.64 Å². The summed E-state index contributed by atoms with van der Waals surface area (Å²) >= 11 is 0. The molecule has 0 amide bonds. The number of benzene rings is 1. The van der Waals surface area contributed by atoms with Gasteiger partial charge in [0.15, 0.2) is 5.78 Å². The SMILES string of the molecule is CCOC(=O)CCCCC(=O)c1ccccc1CN1CCN(C)CC1. The molecule has 5 nitrogen and oxygen atoms in total. The third-order valence-corrected chi connectivity index (χ3v) is 4.65. The summed E-state index contributed by atoms with van der Waals surface area (Å²) in [6, 6.07) is 7.92. The van der Waals surface area contributed by atoms with Crippen LogP contribution in [0, 0.1) is 0 Å². The molecule has 1 heterocycles. The molecule has 0 unspecified atom stereocenters. The molecule has 1 saturated heterocycles. The number of likely N-dealkylation sites (N-methyl/N-ethyl adjacent to an activating group) is 1. The van der Waals surface area contributed by atoms with Crippen molar-refractivity contribution in [3.63, 3.8) is 0 Å². The fourth-order valence-electron chi connectivity index (χ4n) is 3.10. The van der Waals surface area contributed by atoms with E-state index in [0.717, 1.165) is 50.3 Å². The van der Waals surface area contributed by atoms with Gasteiger partial charge in [0, 0.05) is 51.1 Å². The highest BCUT2D eigenvalue weighted by molar-refractivity contribution is 5.97. The zero-order valence-corrected chi connectivity index (χ0v) is 15.5. The van der Waals surface area contributed by atoms with Crippen LogP contribution >= 0.6 is 0 Å². The van der Waals surface area contributed by atoms with Gasteiger partial charge in [0.25, 0.3) is 0 Å². The number of nitrogens with zero attached hydrogens (tertiary/aromatic N) is 2. The predicted octanol–water partition coefficient (Wildman–Crippen LogP) is 2.74. The molecule has 138 valence electrons. The maximum absolute atomic E-state index is 12.6. The van der Waals surface area contributed by atoms with E-state index in [9.17, 15) is 9.59 Å². The van der Waals surface area contributed by atoms with Crippen LogP contribution in [0.3, 0.4) is 0 Å². The van der Waals surface area contributed by atoms with Gasteiger partial charge in [-0.3, -0.25) is 14.5 Å². The van der Waals surface area contributed by atoms with Gasteiger partial charge in [-0.2, -0.15) is 0 Å². The number of ether oxygens (including phenoxy) is 1. The summed E-state index contributed by atoms with van der Waals surface area (Å²) in [5.74, 6) is -0.000924. The van der Waals surface area contributed by atoms with Crippen molar-refractivity contribution < 1.29 is 14.3 Å². The molecule has 0 N–H and O–H groups in total. The minimum absolute atomic E-state index is 0.175. The van der Waals surface area contributed by atoms with Crippen molar-refractivity contribution in [1.29, 1.82) is 0 Å². The van der Waals surface area contributed by atoms with Crippen molar-refractivity contribution in [3.8, 4) is 0 Å². The molecule has 2 rings (SSSR count). The molecule has 0 radical (unpaired) electrons. The molecule has 0 spiro atoms. The van der Waals surface area contributed by atoms with Crippen molar-refractivity contribution in [2.75, 3.05) is 39.8 Å². The molecular weight excluding hydrogens is 316 g/mol. The summed E-state index contributed by atoms with van der Waals surface area (Å²) in [6.45, 7) is 7.28. The third-order valence-electron chi connectivity index (χ3n) is 4.65. The molecule has 1 aliphatic rings. The summed E-state index contributed by atoms with van der Waals surface area (Å²) in [6.07, 6.45) is 2.30. The number of piperazine rings is 1. The molecule has 1 fully saturated rings. The Balaban J connectivity index is 1.84. The second kappa shape index (κ2) is 10.3. The molecule has 1 aromatic rings. The maximum Gasteiger partial charge on any atom is 0.305 e. The fourth-order valence-corrected chi connectivity index (χ4v) is 3.10. The fraction of sp³-hybridized carbons (Fsp3) is 0.600. The van der Waals surface area contributed by atoms with Gasteiger partial charge in [-0.15, -0.1) is 0 Å². The summed E-state index contributed by atoms with van der Waals surface area (Å²) in [7, 11) is 2.14. The van der Waals surface area contributed by atoms with Crippen LogP contribution in [-0.2, 0) is 16.1 Å². The average molecular weight is 346 g/mol. The molecule has 0 aliphatic carbocycles. The van der Waals surface area contributed by atoms with Crippen LogP contribution in [0.5, 0.6) is 0 Å². The smallest absolute Gasteiger partial charge is 0.305 e. The lowest BCUT2D eigenvalue weighted by molar-refractivity contribution is -0.143. The van der Waals surface area contributed by atoms with E-state index in [1.807, 2.05) is 18.2 Å². The minimum Gasteiger partial charge on any atom is -0.466 e. The molecule has 5 heteroatoms. The second-order valence-electron chi connectivity index (χ2n) is 6.67. The molecule has 0 bridgehead atoms. The molecule has 25 heavy (non-hydrogen) atoms. The maximum atomic E-state index is 12.6. The Kier molecular flexibility index (Phi) is 8.09. The number of ketones is 1. The van der Waals surface area contributed by atoms with Gasteiger partial charge in [-0.1, -0.05) is 24.3 Å². The zero-order valence-electron chi connectivity index (χ0n) is 15.5. The highest BCUT2D eigenvalue weighted by Gasteiger charge is 2.17. The molecule has 0 aromatic heterocycles. The lowest BCUT2D eigenvalue weighted by atomic mass is 9.99. The highest BCUT2D eigenvalue weighted by atomic mass is 16.5. The van der Waals surface area contributed by atoms with Crippen LogP contribution in [0.2, 0.25) is 0 Å². The molecular formula is C20H30N2O3. The highest BCUT2D eigenvalue weighted by Crippen LogP contribution is 2.16. The first-order valence-corrected chi connectivity index (χ1v) is 9.27. The third kappa shape index (κ3) is 6.59. The van der Waals surface area contributed by atoms with Gasteiger partial charge in [0.05, 0.1) is 6.61 Å². The van der Waals surface area contributed by atoms with Crippen LogP contribution in [0.25, 0.3) is 0 Å². The first-order valence-electron chi connectivity index (χ1n) is 9.27. The Morgan fingerprint density at radius 3 is 2.44 bits per heavy atom. The Hall–Kier alpha value is -1.72. The Bertz CT molecular complexity index is 566. The Morgan fingerprint density at radius 1 is 1.04 bits per heavy atom. The van der Waals surface area contributed by atoms with Gasteiger partial charge >= 0.3 is 5.97 Å². The van der Waals surface area contributed by atoms with Crippen molar-refractivity contribution in [2.45, 2.75) is 39.2 Å². The first kappa shape index (κ1) is 19.6. The normalized spacial score (nSPS) is 15.9. The van der Waals surface area contributed by atoms with Gasteiger partial charge in [0.2, 0.25) is 0 Å². The number of carbonyl (C=O) groups excluding carboxylic acids is 2. The molecule has 0 atom stereocenters. The van der Waals surface area contributed by atoms with E-state index in [4.69, 9.17) is 4.74 Å². The van der Waals surface area contributed by atoms with Crippen molar-refractivity contribution in [2.24, 2.45) is 0 Å². The van der Waals surface area contributed by atoms with Gasteiger partial charge in [-0.25, -0.2) is 0 Å². The molecule has 1 aliphatic heterocycles. The van der Waals surface area contributed by atoms with Crippen LogP contribution in [0.4, 0.5) is 0 Å². The summed E-state index contributed by atoms with van der Waals surface area (Å²) in [5.41, 5.74) is 1.94. The minimum atomic E-state index is -0.176. The Morgan fingerprint density at radius 2 is 1.72 bits per heavy atom. The summed E-state index contributed by atoms with van der Waals surface area (Å²) in [4.78, 5) is 28.7. The average Bonchev–Trinajstić information content (AvgIpc) is 2.61. The van der Waals surface area contributed by atoms with E-state index in [0.29, 0.717) is 25.9 Å². The standard InChI is InChI=1S/C20H30N2O3/c1-3-25-20(24)11-7-6-10-19(23)18-9-5-4-8-17(18)16-22-14-12-21(2)13-15-22/h4-5,8-9H,3,6-7,10-16H2,1-2H3. The van der Waals surface area contributed by atoms with E-state index in [1.165, 1.54) is 0 Å². The van der Waals surface area contributed by atoms with Gasteiger partial charge in [0.1, 0.15) is 0 Å². The number of rotatable bonds is 9. The van der Waals surface area contributed by atoms with E-state index >= 15 is 0 Å². The zero-order chi connectivity index (χ0) is 18.1. The van der Waals surface area contributed by atoms with Crippen molar-refractivity contribution in [1.82, 2.24) is 9.80 Å². The largest absolute Gasteiger partial charge is 0.466 e. The van der Waals surface area contributed by atoms with Crippen molar-refractivity contribution in [3.05, 3.63) is 35.4 Å². The van der Waals surface area contributed by atoms with E-state index in [-0.39, 0.29) is 11.8 Å². The number of hydrogen-bond donors (Lipinski definition) is 0. The number of carbonyl (C=O) groups is 2. The Labute approximate surface area is 150 Å². The van der Waals surface area contributed by atoms with E-state index in [1.54, 1.807) is 6.92 Å². The number of Topliss-reactive ketones (excluding diaryl/α,β-unsaturated/α-hetero) is 1. The lowest BCUT2D eigenvalue weighted by Gasteiger charge is -2.32. The molecule has 1 aromatic carbocycles. The first-order chi connectivity index (χ1) is 12.1. The topological polar surface area (TPSA) is 49.9 Å². The summed E-state index contributed by atoms with van der Waals surface area (Å²) < 4.78 is 4.91. The lowest BCUT2D eigenvalue weighted by Crippen LogP contribution is -2.44.